The SMILES string of the molecule is COCCCN(C(=O)c1ccc(C)c(NC(=O)C2CCCC2)c1)C1CCN(C)CC1. The van der Waals surface area contributed by atoms with Gasteiger partial charge in [-0.3, -0.25) is 9.59 Å². The second-order valence-corrected chi connectivity index (χ2v) is 8.88. The van der Waals surface area contributed by atoms with Gasteiger partial charge >= 0.3 is 0 Å². The number of piperidine rings is 1. The molecule has 1 aliphatic heterocycles. The molecule has 0 bridgehead atoms. The van der Waals surface area contributed by atoms with Crippen LogP contribution in [0.25, 0.3) is 0 Å². The fraction of sp³-hybridized carbons (Fsp3) is 0.667. The van der Waals surface area contributed by atoms with Gasteiger partial charge < -0.3 is 19.9 Å². The standard InChI is InChI=1S/C24H37N3O3/c1-18-9-10-20(17-22(18)25-23(28)19-7-4-5-8-19)24(29)27(13-6-16-30-3)21-11-14-26(2)15-12-21/h9-10,17,19,21H,4-8,11-16H2,1-3H3,(H,25,28). The highest BCUT2D eigenvalue weighted by atomic mass is 16.5. The molecule has 2 amide bonds. The van der Waals surface area contributed by atoms with E-state index >= 15 is 0 Å². The molecule has 1 aromatic carbocycles. The number of nitrogens with one attached hydrogen (secondary N) is 1. The van der Waals surface area contributed by atoms with E-state index < -0.39 is 0 Å². The average Bonchev–Trinajstić information content (AvgIpc) is 3.28. The molecule has 1 saturated heterocycles. The van der Waals surface area contributed by atoms with Gasteiger partial charge in [0.05, 0.1) is 0 Å². The van der Waals surface area contributed by atoms with E-state index in [0.717, 1.165) is 69.3 Å². The van der Waals surface area contributed by atoms with Gasteiger partial charge in [0.1, 0.15) is 0 Å². The van der Waals surface area contributed by atoms with Crippen LogP contribution in [0, 0.1) is 12.8 Å². The second kappa shape index (κ2) is 10.9. The molecule has 166 valence electrons. The van der Waals surface area contributed by atoms with Crippen LogP contribution < -0.4 is 5.32 Å². The largest absolute Gasteiger partial charge is 0.385 e. The monoisotopic (exact) mass is 415 g/mol. The van der Waals surface area contributed by atoms with Crippen molar-refractivity contribution in [3.8, 4) is 0 Å². The van der Waals surface area contributed by atoms with E-state index in [0.29, 0.717) is 18.7 Å². The molecule has 1 aromatic rings. The number of carbonyl (C=O) groups excluding carboxylic acids is 2. The Morgan fingerprint density at radius 1 is 1.17 bits per heavy atom. The summed E-state index contributed by atoms with van der Waals surface area (Å²) in [5.41, 5.74) is 2.40. The van der Waals surface area contributed by atoms with Gasteiger partial charge in [0.25, 0.3) is 5.91 Å². The minimum Gasteiger partial charge on any atom is -0.385 e. The third-order valence-electron chi connectivity index (χ3n) is 6.61. The normalized spacial score (nSPS) is 18.5. The smallest absolute Gasteiger partial charge is 0.254 e. The molecule has 6 heteroatoms. The first-order chi connectivity index (χ1) is 14.5. The van der Waals surface area contributed by atoms with Crippen molar-refractivity contribution in [3.05, 3.63) is 29.3 Å². The van der Waals surface area contributed by atoms with Gasteiger partial charge in [-0.25, -0.2) is 0 Å². The lowest BCUT2D eigenvalue weighted by atomic mass is 10.0. The third kappa shape index (κ3) is 5.82. The predicted molar refractivity (Wildman–Crippen MR) is 120 cm³/mol. The molecule has 1 heterocycles. The molecule has 2 fully saturated rings. The summed E-state index contributed by atoms with van der Waals surface area (Å²) in [6.45, 7) is 5.34. The summed E-state index contributed by atoms with van der Waals surface area (Å²) in [6, 6.07) is 5.95. The van der Waals surface area contributed by atoms with Crippen LogP contribution in [0.15, 0.2) is 18.2 Å². The fourth-order valence-electron chi connectivity index (χ4n) is 4.61. The van der Waals surface area contributed by atoms with E-state index in [1.54, 1.807) is 7.11 Å². The Hall–Kier alpha value is -1.92. The Morgan fingerprint density at radius 2 is 1.87 bits per heavy atom. The molecular weight excluding hydrogens is 378 g/mol. The first kappa shape index (κ1) is 22.8. The predicted octanol–water partition coefficient (Wildman–Crippen LogP) is 3.70. The number of hydrogen-bond donors (Lipinski definition) is 1. The zero-order valence-corrected chi connectivity index (χ0v) is 18.8. The molecule has 6 nitrogen and oxygen atoms in total. The molecule has 2 aliphatic rings. The number of amides is 2. The van der Waals surface area contributed by atoms with E-state index in [2.05, 4.69) is 17.3 Å². The maximum absolute atomic E-state index is 13.5. The number of aryl methyl sites for hydroxylation is 1. The Bertz CT molecular complexity index is 722. The van der Waals surface area contributed by atoms with Gasteiger partial charge in [0.2, 0.25) is 5.91 Å². The highest BCUT2D eigenvalue weighted by Gasteiger charge is 2.28. The van der Waals surface area contributed by atoms with Crippen LogP contribution in [0.4, 0.5) is 5.69 Å². The number of hydrogen-bond acceptors (Lipinski definition) is 4. The highest BCUT2D eigenvalue weighted by Crippen LogP contribution is 2.27. The van der Waals surface area contributed by atoms with Crippen molar-refractivity contribution in [1.82, 2.24) is 9.80 Å². The van der Waals surface area contributed by atoms with E-state index in [4.69, 9.17) is 4.74 Å². The number of rotatable bonds is 8. The number of carbonyl (C=O) groups is 2. The van der Waals surface area contributed by atoms with Crippen LogP contribution >= 0.6 is 0 Å². The zero-order chi connectivity index (χ0) is 21.5. The summed E-state index contributed by atoms with van der Waals surface area (Å²) < 4.78 is 5.22. The Balaban J connectivity index is 1.74. The minimum absolute atomic E-state index is 0.0528. The molecule has 3 rings (SSSR count). The second-order valence-electron chi connectivity index (χ2n) is 8.88. The van der Waals surface area contributed by atoms with Gasteiger partial charge in [-0.2, -0.15) is 0 Å². The van der Waals surface area contributed by atoms with Gasteiger partial charge in [0, 0.05) is 43.5 Å². The minimum atomic E-state index is 0.0528. The van der Waals surface area contributed by atoms with E-state index in [1.165, 1.54) is 0 Å². The number of anilines is 1. The zero-order valence-electron chi connectivity index (χ0n) is 18.8. The number of benzene rings is 1. The van der Waals surface area contributed by atoms with Crippen LogP contribution in [-0.2, 0) is 9.53 Å². The average molecular weight is 416 g/mol. The Morgan fingerprint density at radius 3 is 2.53 bits per heavy atom. The van der Waals surface area contributed by atoms with E-state index in [-0.39, 0.29) is 23.8 Å². The van der Waals surface area contributed by atoms with Crippen LogP contribution in [-0.4, -0.2) is 68.1 Å². The van der Waals surface area contributed by atoms with Crippen molar-refractivity contribution in [2.45, 2.75) is 57.9 Å². The number of nitrogens with zero attached hydrogens (tertiary/aromatic N) is 2. The molecule has 0 unspecified atom stereocenters. The van der Waals surface area contributed by atoms with Gasteiger partial charge in [-0.15, -0.1) is 0 Å². The summed E-state index contributed by atoms with van der Waals surface area (Å²) in [5, 5.41) is 3.09. The quantitative estimate of drug-likeness (QED) is 0.658. The lowest BCUT2D eigenvalue weighted by Gasteiger charge is -2.37. The summed E-state index contributed by atoms with van der Waals surface area (Å²) in [4.78, 5) is 30.4. The number of methoxy groups -OCH3 is 1. The van der Waals surface area contributed by atoms with Crippen molar-refractivity contribution < 1.29 is 14.3 Å². The number of ether oxygens (including phenoxy) is 1. The van der Waals surface area contributed by atoms with Crippen LogP contribution in [0.2, 0.25) is 0 Å². The molecule has 1 N–H and O–H groups in total. The van der Waals surface area contributed by atoms with E-state index in [1.807, 2.05) is 30.0 Å². The summed E-state index contributed by atoms with van der Waals surface area (Å²) in [5.74, 6) is 0.248. The molecule has 0 aromatic heterocycles. The highest BCUT2D eigenvalue weighted by molar-refractivity contribution is 5.98. The molecule has 30 heavy (non-hydrogen) atoms. The summed E-state index contributed by atoms with van der Waals surface area (Å²) in [7, 11) is 3.83. The van der Waals surface area contributed by atoms with Crippen LogP contribution in [0.3, 0.4) is 0 Å². The summed E-state index contributed by atoms with van der Waals surface area (Å²) >= 11 is 0. The summed E-state index contributed by atoms with van der Waals surface area (Å²) in [6.07, 6.45) is 7.00. The molecule has 0 radical (unpaired) electrons. The maximum Gasteiger partial charge on any atom is 0.254 e. The van der Waals surface area contributed by atoms with E-state index in [9.17, 15) is 9.59 Å². The van der Waals surface area contributed by atoms with Crippen LogP contribution in [0.1, 0.15) is 60.9 Å². The first-order valence-corrected chi connectivity index (χ1v) is 11.4. The third-order valence-corrected chi connectivity index (χ3v) is 6.61. The first-order valence-electron chi connectivity index (χ1n) is 11.4. The van der Waals surface area contributed by atoms with Crippen LogP contribution in [0.5, 0.6) is 0 Å². The Kier molecular flexibility index (Phi) is 8.28. The maximum atomic E-state index is 13.5. The van der Waals surface area contributed by atoms with Gasteiger partial charge in [-0.05, 0) is 76.9 Å². The Labute approximate surface area is 180 Å². The molecule has 0 spiro atoms. The van der Waals surface area contributed by atoms with Crippen molar-refractivity contribution in [3.63, 3.8) is 0 Å². The molecule has 1 aliphatic carbocycles. The molecule has 0 atom stereocenters. The van der Waals surface area contributed by atoms with Crippen molar-refractivity contribution >= 4 is 17.5 Å². The van der Waals surface area contributed by atoms with Gasteiger partial charge in [0.15, 0.2) is 0 Å². The lowest BCUT2D eigenvalue weighted by Crippen LogP contribution is -2.47. The van der Waals surface area contributed by atoms with Gasteiger partial charge in [-0.1, -0.05) is 18.9 Å². The topological polar surface area (TPSA) is 61.9 Å². The fourth-order valence-corrected chi connectivity index (χ4v) is 4.61. The molecule has 1 saturated carbocycles. The van der Waals surface area contributed by atoms with Crippen molar-refractivity contribution in [2.24, 2.45) is 5.92 Å². The molecular formula is C24H37N3O3. The lowest BCUT2D eigenvalue weighted by molar-refractivity contribution is -0.119. The van der Waals surface area contributed by atoms with Crippen molar-refractivity contribution in [2.75, 3.05) is 45.7 Å². The number of likely N-dealkylation sites (tertiary alicyclic amines) is 1. The van der Waals surface area contributed by atoms with Crippen molar-refractivity contribution in [1.29, 1.82) is 0 Å².